The Kier molecular flexibility index (Phi) is 6.21. The van der Waals surface area contributed by atoms with Crippen molar-refractivity contribution >= 4 is 28.6 Å². The Labute approximate surface area is 143 Å². The maximum absolute atomic E-state index is 11.5. The highest BCUT2D eigenvalue weighted by Crippen LogP contribution is 2.29. The van der Waals surface area contributed by atoms with E-state index in [0.29, 0.717) is 17.7 Å². The molecule has 1 N–H and O–H groups in total. The fourth-order valence-electron chi connectivity index (χ4n) is 2.07. The Morgan fingerprint density at radius 1 is 1.23 bits per heavy atom. The number of hydrogen-bond acceptors (Lipinski definition) is 4. The van der Waals surface area contributed by atoms with E-state index >= 15 is 0 Å². The first-order valence-electron chi connectivity index (χ1n) is 6.86. The number of methoxy groups -OCH3 is 1. The topological polar surface area (TPSA) is 55.8 Å². The highest BCUT2D eigenvalue weighted by Gasteiger charge is 2.15. The monoisotopic (exact) mass is 412 g/mol. The van der Waals surface area contributed by atoms with Gasteiger partial charge in [-0.2, -0.15) is 0 Å². The molecule has 0 spiro atoms. The lowest BCUT2D eigenvalue weighted by Crippen LogP contribution is -2.11. The summed E-state index contributed by atoms with van der Waals surface area (Å²) in [5.41, 5.74) is 1.49. The fourth-order valence-corrected chi connectivity index (χ4v) is 2.72. The summed E-state index contributed by atoms with van der Waals surface area (Å²) >= 11 is 2.12. The van der Waals surface area contributed by atoms with Crippen molar-refractivity contribution < 1.29 is 19.4 Å². The van der Waals surface area contributed by atoms with Crippen LogP contribution in [0.4, 0.5) is 0 Å². The van der Waals surface area contributed by atoms with Gasteiger partial charge in [0.1, 0.15) is 11.9 Å². The molecule has 2 aromatic rings. The standard InChI is InChI=1S/C17H17IO4/c1-21-17(20)13-7-8-16(14(18)11-13)22-15(9-10-19)12-5-3-2-4-6-12/h2-8,11,15,19H,9-10H2,1H3/t15-/m1/s1. The molecule has 0 saturated carbocycles. The maximum Gasteiger partial charge on any atom is 0.337 e. The molecule has 0 aromatic heterocycles. The fraction of sp³-hybridized carbons (Fsp3) is 0.235. The van der Waals surface area contributed by atoms with Crippen LogP contribution in [0.3, 0.4) is 0 Å². The minimum absolute atomic E-state index is 0.0381. The van der Waals surface area contributed by atoms with Crippen LogP contribution in [0.15, 0.2) is 48.5 Å². The minimum atomic E-state index is -0.376. The van der Waals surface area contributed by atoms with E-state index in [1.165, 1.54) is 7.11 Å². The van der Waals surface area contributed by atoms with Crippen LogP contribution < -0.4 is 4.74 Å². The van der Waals surface area contributed by atoms with Gasteiger partial charge in [0.2, 0.25) is 0 Å². The average molecular weight is 412 g/mol. The molecule has 0 aliphatic heterocycles. The Morgan fingerprint density at radius 3 is 2.55 bits per heavy atom. The van der Waals surface area contributed by atoms with E-state index in [1.807, 2.05) is 30.3 Å². The molecule has 0 fully saturated rings. The number of halogens is 1. The van der Waals surface area contributed by atoms with Crippen molar-refractivity contribution in [1.82, 2.24) is 0 Å². The smallest absolute Gasteiger partial charge is 0.337 e. The van der Waals surface area contributed by atoms with Crippen molar-refractivity contribution in [2.24, 2.45) is 0 Å². The minimum Gasteiger partial charge on any atom is -0.485 e. The van der Waals surface area contributed by atoms with Gasteiger partial charge in [-0.15, -0.1) is 0 Å². The van der Waals surface area contributed by atoms with E-state index in [-0.39, 0.29) is 18.7 Å². The Balaban J connectivity index is 2.22. The van der Waals surface area contributed by atoms with Crippen LogP contribution in [0, 0.1) is 3.57 Å². The second-order valence-corrected chi connectivity index (χ2v) is 5.83. The van der Waals surface area contributed by atoms with Gasteiger partial charge in [0.05, 0.1) is 16.2 Å². The summed E-state index contributed by atoms with van der Waals surface area (Å²) in [6.07, 6.45) is 0.266. The van der Waals surface area contributed by atoms with E-state index in [4.69, 9.17) is 9.47 Å². The zero-order valence-corrected chi connectivity index (χ0v) is 14.3. The molecule has 0 unspecified atom stereocenters. The molecule has 0 bridgehead atoms. The van der Waals surface area contributed by atoms with Gasteiger partial charge in [0, 0.05) is 13.0 Å². The van der Waals surface area contributed by atoms with E-state index in [0.717, 1.165) is 9.13 Å². The first kappa shape index (κ1) is 16.8. The highest BCUT2D eigenvalue weighted by atomic mass is 127. The molecular formula is C17H17IO4. The molecule has 0 heterocycles. The zero-order chi connectivity index (χ0) is 15.9. The number of carbonyl (C=O) groups excluding carboxylic acids is 1. The lowest BCUT2D eigenvalue weighted by atomic mass is 10.1. The molecule has 22 heavy (non-hydrogen) atoms. The number of aliphatic hydroxyl groups is 1. The molecular weight excluding hydrogens is 395 g/mol. The quantitative estimate of drug-likeness (QED) is 0.582. The molecule has 0 aliphatic rings. The van der Waals surface area contributed by atoms with Gasteiger partial charge in [0.25, 0.3) is 0 Å². The molecule has 2 aromatic carbocycles. The summed E-state index contributed by atoms with van der Waals surface area (Å²) in [6, 6.07) is 14.9. The van der Waals surface area contributed by atoms with E-state index in [1.54, 1.807) is 18.2 Å². The predicted octanol–water partition coefficient (Wildman–Crippen LogP) is 3.58. The summed E-state index contributed by atoms with van der Waals surface area (Å²) in [7, 11) is 1.35. The zero-order valence-electron chi connectivity index (χ0n) is 12.2. The van der Waals surface area contributed by atoms with Crippen LogP contribution >= 0.6 is 22.6 Å². The van der Waals surface area contributed by atoms with Gasteiger partial charge < -0.3 is 14.6 Å². The van der Waals surface area contributed by atoms with Crippen LogP contribution in [0.2, 0.25) is 0 Å². The molecule has 0 aliphatic carbocycles. The summed E-state index contributed by atoms with van der Waals surface area (Å²) in [5, 5.41) is 9.25. The summed E-state index contributed by atoms with van der Waals surface area (Å²) < 4.78 is 11.5. The molecule has 0 saturated heterocycles. The molecule has 2 rings (SSSR count). The predicted molar refractivity (Wildman–Crippen MR) is 92.0 cm³/mol. The molecule has 4 nitrogen and oxygen atoms in total. The van der Waals surface area contributed by atoms with Gasteiger partial charge in [-0.1, -0.05) is 30.3 Å². The van der Waals surface area contributed by atoms with Crippen molar-refractivity contribution in [3.63, 3.8) is 0 Å². The van der Waals surface area contributed by atoms with Crippen molar-refractivity contribution in [3.05, 3.63) is 63.2 Å². The molecule has 5 heteroatoms. The van der Waals surface area contributed by atoms with Gasteiger partial charge in [0.15, 0.2) is 0 Å². The van der Waals surface area contributed by atoms with Crippen LogP contribution in [0.1, 0.15) is 28.4 Å². The van der Waals surface area contributed by atoms with E-state index in [9.17, 15) is 9.90 Å². The number of esters is 1. The molecule has 0 radical (unpaired) electrons. The summed E-state index contributed by atoms with van der Waals surface area (Å²) in [5.74, 6) is 0.301. The van der Waals surface area contributed by atoms with Gasteiger partial charge in [-0.05, 0) is 46.4 Å². The third-order valence-electron chi connectivity index (χ3n) is 3.18. The number of carbonyl (C=O) groups is 1. The van der Waals surface area contributed by atoms with E-state index in [2.05, 4.69) is 22.6 Å². The Morgan fingerprint density at radius 2 is 1.95 bits per heavy atom. The average Bonchev–Trinajstić information content (AvgIpc) is 2.56. The van der Waals surface area contributed by atoms with Crippen molar-refractivity contribution in [2.75, 3.05) is 13.7 Å². The largest absolute Gasteiger partial charge is 0.485 e. The number of benzene rings is 2. The lowest BCUT2D eigenvalue weighted by molar-refractivity contribution is 0.0600. The van der Waals surface area contributed by atoms with Crippen molar-refractivity contribution in [2.45, 2.75) is 12.5 Å². The third-order valence-corrected chi connectivity index (χ3v) is 4.03. The number of rotatable bonds is 6. The van der Waals surface area contributed by atoms with Gasteiger partial charge in [-0.3, -0.25) is 0 Å². The third kappa shape index (κ3) is 4.20. The second-order valence-electron chi connectivity index (χ2n) is 4.67. The Bertz CT molecular complexity index is 628. The van der Waals surface area contributed by atoms with Gasteiger partial charge >= 0.3 is 5.97 Å². The first-order chi connectivity index (χ1) is 10.7. The van der Waals surface area contributed by atoms with Crippen LogP contribution in [0.25, 0.3) is 0 Å². The first-order valence-corrected chi connectivity index (χ1v) is 7.94. The molecule has 116 valence electrons. The van der Waals surface area contributed by atoms with E-state index < -0.39 is 0 Å². The number of ether oxygens (including phenoxy) is 2. The van der Waals surface area contributed by atoms with Crippen LogP contribution in [-0.2, 0) is 4.74 Å². The molecule has 0 amide bonds. The van der Waals surface area contributed by atoms with Crippen LogP contribution in [-0.4, -0.2) is 24.8 Å². The van der Waals surface area contributed by atoms with Crippen LogP contribution in [0.5, 0.6) is 5.75 Å². The highest BCUT2D eigenvalue weighted by molar-refractivity contribution is 14.1. The SMILES string of the molecule is COC(=O)c1ccc(O[C@H](CCO)c2ccccc2)c(I)c1. The van der Waals surface area contributed by atoms with Crippen molar-refractivity contribution in [1.29, 1.82) is 0 Å². The number of hydrogen-bond donors (Lipinski definition) is 1. The summed E-state index contributed by atoms with van der Waals surface area (Å²) in [6.45, 7) is 0.0381. The molecule has 1 atom stereocenters. The second kappa shape index (κ2) is 8.14. The Hall–Kier alpha value is -1.60. The van der Waals surface area contributed by atoms with Gasteiger partial charge in [-0.25, -0.2) is 4.79 Å². The summed E-state index contributed by atoms with van der Waals surface area (Å²) in [4.78, 5) is 11.5. The normalized spacial score (nSPS) is 11.8. The maximum atomic E-state index is 11.5. The lowest BCUT2D eigenvalue weighted by Gasteiger charge is -2.20. The number of aliphatic hydroxyl groups excluding tert-OH is 1. The van der Waals surface area contributed by atoms with Crippen molar-refractivity contribution in [3.8, 4) is 5.75 Å².